The zero-order chi connectivity index (χ0) is 11.7. The van der Waals surface area contributed by atoms with Crippen LogP contribution >= 0.6 is 0 Å². The van der Waals surface area contributed by atoms with Gasteiger partial charge in [0.2, 0.25) is 0 Å². The van der Waals surface area contributed by atoms with E-state index in [1.807, 2.05) is 0 Å². The lowest BCUT2D eigenvalue weighted by Gasteiger charge is -2.29. The first-order valence-electron chi connectivity index (χ1n) is 6.81. The zero-order valence-corrected chi connectivity index (χ0v) is 10.3. The topological polar surface area (TPSA) is 23.5 Å². The minimum atomic E-state index is -0.0890. The number of aryl methyl sites for hydroxylation is 1. The van der Waals surface area contributed by atoms with Crippen molar-refractivity contribution in [2.75, 3.05) is 19.6 Å². The molecule has 2 aliphatic rings. The minimum absolute atomic E-state index is 0.0890. The molecule has 2 atom stereocenters. The smallest absolute Gasteiger partial charge is 0.0679 e. The van der Waals surface area contributed by atoms with Gasteiger partial charge in [0, 0.05) is 19.6 Å². The lowest BCUT2D eigenvalue weighted by molar-refractivity contribution is 0.173. The van der Waals surface area contributed by atoms with Crippen LogP contribution in [0.5, 0.6) is 0 Å². The van der Waals surface area contributed by atoms with Gasteiger partial charge in [0.1, 0.15) is 0 Å². The number of hydrogen-bond donors (Lipinski definition) is 1. The molecule has 1 aliphatic heterocycles. The molecule has 0 radical (unpaired) electrons. The first kappa shape index (κ1) is 11.2. The van der Waals surface area contributed by atoms with E-state index in [9.17, 15) is 5.11 Å². The van der Waals surface area contributed by atoms with Gasteiger partial charge in [0.15, 0.2) is 0 Å². The Bertz CT molecular complexity index is 390. The van der Waals surface area contributed by atoms with Crippen molar-refractivity contribution < 1.29 is 5.11 Å². The van der Waals surface area contributed by atoms with E-state index in [1.54, 1.807) is 11.1 Å². The number of hydrogen-bond acceptors (Lipinski definition) is 2. The van der Waals surface area contributed by atoms with Gasteiger partial charge in [-0.05, 0) is 42.7 Å². The summed E-state index contributed by atoms with van der Waals surface area (Å²) >= 11 is 0. The third-order valence-corrected chi connectivity index (χ3v) is 4.22. The van der Waals surface area contributed by atoms with Crippen LogP contribution in [0.15, 0.2) is 24.3 Å². The Hall–Kier alpha value is -0.860. The molecule has 0 bridgehead atoms. The van der Waals surface area contributed by atoms with Crippen molar-refractivity contribution in [3.63, 3.8) is 0 Å². The molecule has 3 rings (SSSR count). The predicted octanol–water partition coefficient (Wildman–Crippen LogP) is 2.17. The maximum Gasteiger partial charge on any atom is 0.0679 e. The maximum atomic E-state index is 9.58. The molecule has 0 aromatic heterocycles. The second-order valence-electron chi connectivity index (χ2n) is 5.49. The molecule has 1 unspecified atom stereocenters. The van der Waals surface area contributed by atoms with Gasteiger partial charge in [-0.25, -0.2) is 0 Å². The second kappa shape index (κ2) is 4.79. The molecular weight excluding hydrogens is 210 g/mol. The largest absolute Gasteiger partial charge is 0.392 e. The molecule has 2 heteroatoms. The summed E-state index contributed by atoms with van der Waals surface area (Å²) in [6, 6.07) is 8.89. The average Bonchev–Trinajstić information content (AvgIpc) is 2.75. The third-order valence-electron chi connectivity index (χ3n) is 4.22. The van der Waals surface area contributed by atoms with Crippen LogP contribution in [0.4, 0.5) is 0 Å². The summed E-state index contributed by atoms with van der Waals surface area (Å²) in [5.74, 6) is 0.685. The summed E-state index contributed by atoms with van der Waals surface area (Å²) in [7, 11) is 0. The quantitative estimate of drug-likeness (QED) is 0.843. The number of aliphatic hydroxyl groups excluding tert-OH is 1. The lowest BCUT2D eigenvalue weighted by Crippen LogP contribution is -2.29. The fraction of sp³-hybridized carbons (Fsp3) is 0.600. The molecule has 1 N–H and O–H groups in total. The molecule has 1 fully saturated rings. The Morgan fingerprint density at radius 1 is 1.24 bits per heavy atom. The fourth-order valence-corrected chi connectivity index (χ4v) is 3.33. The van der Waals surface area contributed by atoms with Gasteiger partial charge in [-0.15, -0.1) is 0 Å². The standard InChI is InChI=1S/C15H21NO/c17-14-8-9-16(11-14)10-13-6-3-5-12-4-1-2-7-15(12)13/h1-2,4,7,13-14,17H,3,5-6,8-11H2/t13?,14-/m1/s1. The number of fused-ring (bicyclic) bond motifs is 1. The summed E-state index contributed by atoms with van der Waals surface area (Å²) in [6.07, 6.45) is 4.74. The molecule has 92 valence electrons. The summed E-state index contributed by atoms with van der Waals surface area (Å²) < 4.78 is 0. The molecule has 1 aromatic carbocycles. The number of benzene rings is 1. The first-order chi connectivity index (χ1) is 8.33. The van der Waals surface area contributed by atoms with E-state index < -0.39 is 0 Å². The number of rotatable bonds is 2. The summed E-state index contributed by atoms with van der Waals surface area (Å²) in [5, 5.41) is 9.58. The Labute approximate surface area is 103 Å². The van der Waals surface area contributed by atoms with Gasteiger partial charge in [-0.1, -0.05) is 24.3 Å². The minimum Gasteiger partial charge on any atom is -0.392 e. The van der Waals surface area contributed by atoms with Gasteiger partial charge in [0.05, 0.1) is 6.10 Å². The Morgan fingerprint density at radius 3 is 2.94 bits per heavy atom. The molecule has 17 heavy (non-hydrogen) atoms. The van der Waals surface area contributed by atoms with Crippen molar-refractivity contribution in [3.05, 3.63) is 35.4 Å². The van der Waals surface area contributed by atoms with Crippen LogP contribution < -0.4 is 0 Å². The number of likely N-dealkylation sites (tertiary alicyclic amines) is 1. The molecule has 1 saturated heterocycles. The second-order valence-corrected chi connectivity index (χ2v) is 5.49. The summed E-state index contributed by atoms with van der Waals surface area (Å²) in [4.78, 5) is 2.43. The van der Waals surface area contributed by atoms with Gasteiger partial charge in [0.25, 0.3) is 0 Å². The highest BCUT2D eigenvalue weighted by atomic mass is 16.3. The summed E-state index contributed by atoms with van der Waals surface area (Å²) in [6.45, 7) is 3.08. The van der Waals surface area contributed by atoms with Gasteiger partial charge >= 0.3 is 0 Å². The van der Waals surface area contributed by atoms with E-state index in [-0.39, 0.29) is 6.10 Å². The highest BCUT2D eigenvalue weighted by Crippen LogP contribution is 2.32. The molecule has 1 heterocycles. The van der Waals surface area contributed by atoms with Crippen molar-refractivity contribution in [2.45, 2.75) is 37.7 Å². The highest BCUT2D eigenvalue weighted by molar-refractivity contribution is 5.32. The van der Waals surface area contributed by atoms with Crippen LogP contribution in [0, 0.1) is 0 Å². The average molecular weight is 231 g/mol. The van der Waals surface area contributed by atoms with Crippen molar-refractivity contribution >= 4 is 0 Å². The molecule has 0 spiro atoms. The predicted molar refractivity (Wildman–Crippen MR) is 69.2 cm³/mol. The number of β-amino-alcohol motifs (C(OH)–C–C–N with tert-alkyl or cyclic N) is 1. The highest BCUT2D eigenvalue weighted by Gasteiger charge is 2.26. The monoisotopic (exact) mass is 231 g/mol. The van der Waals surface area contributed by atoms with Crippen LogP contribution in [0.25, 0.3) is 0 Å². The Balaban J connectivity index is 1.72. The Kier molecular flexibility index (Phi) is 3.17. The zero-order valence-electron chi connectivity index (χ0n) is 10.3. The lowest BCUT2D eigenvalue weighted by atomic mass is 9.82. The molecule has 1 aliphatic carbocycles. The molecule has 1 aromatic rings. The van der Waals surface area contributed by atoms with E-state index in [0.29, 0.717) is 5.92 Å². The van der Waals surface area contributed by atoms with Crippen molar-refractivity contribution in [1.82, 2.24) is 4.90 Å². The number of aliphatic hydroxyl groups is 1. The number of nitrogens with zero attached hydrogens (tertiary/aromatic N) is 1. The SMILES string of the molecule is O[C@@H]1CCN(CC2CCCc3ccccc32)C1. The van der Waals surface area contributed by atoms with E-state index in [4.69, 9.17) is 0 Å². The van der Waals surface area contributed by atoms with Crippen molar-refractivity contribution in [2.24, 2.45) is 0 Å². The molecule has 2 nitrogen and oxygen atoms in total. The third kappa shape index (κ3) is 2.38. The van der Waals surface area contributed by atoms with Crippen molar-refractivity contribution in [1.29, 1.82) is 0 Å². The Morgan fingerprint density at radius 2 is 2.12 bits per heavy atom. The summed E-state index contributed by atoms with van der Waals surface area (Å²) in [5.41, 5.74) is 3.10. The van der Waals surface area contributed by atoms with Crippen LogP contribution in [0.1, 0.15) is 36.3 Å². The normalized spacial score (nSPS) is 29.2. The van der Waals surface area contributed by atoms with E-state index >= 15 is 0 Å². The maximum absolute atomic E-state index is 9.58. The fourth-order valence-electron chi connectivity index (χ4n) is 3.33. The van der Waals surface area contributed by atoms with E-state index in [2.05, 4.69) is 29.2 Å². The first-order valence-corrected chi connectivity index (χ1v) is 6.81. The molecule has 0 saturated carbocycles. The van der Waals surface area contributed by atoms with Crippen LogP contribution in [-0.2, 0) is 6.42 Å². The van der Waals surface area contributed by atoms with Gasteiger partial charge < -0.3 is 10.0 Å². The van der Waals surface area contributed by atoms with Crippen LogP contribution in [0.3, 0.4) is 0 Å². The van der Waals surface area contributed by atoms with Gasteiger partial charge in [-0.3, -0.25) is 0 Å². The van der Waals surface area contributed by atoms with Crippen LogP contribution in [0.2, 0.25) is 0 Å². The van der Waals surface area contributed by atoms with Gasteiger partial charge in [-0.2, -0.15) is 0 Å². The van der Waals surface area contributed by atoms with E-state index in [1.165, 1.54) is 19.3 Å². The van der Waals surface area contributed by atoms with E-state index in [0.717, 1.165) is 26.1 Å². The molecular formula is C15H21NO. The van der Waals surface area contributed by atoms with Crippen LogP contribution in [-0.4, -0.2) is 35.7 Å². The molecule has 0 amide bonds. The van der Waals surface area contributed by atoms with Crippen molar-refractivity contribution in [3.8, 4) is 0 Å².